The molecule has 1 aliphatic rings. The van der Waals surface area contributed by atoms with Gasteiger partial charge in [-0.3, -0.25) is 4.79 Å². The van der Waals surface area contributed by atoms with Crippen LogP contribution < -0.4 is 5.32 Å². The number of nitrogens with one attached hydrogen (secondary N) is 1. The Labute approximate surface area is 82.8 Å². The predicted octanol–water partition coefficient (Wildman–Crippen LogP) is 1.42. The lowest BCUT2D eigenvalue weighted by Gasteiger charge is -2.15. The second-order valence-corrected chi connectivity index (χ2v) is 3.58. The van der Waals surface area contributed by atoms with Gasteiger partial charge in [0.1, 0.15) is 0 Å². The van der Waals surface area contributed by atoms with E-state index in [0.29, 0.717) is 0 Å². The van der Waals surface area contributed by atoms with E-state index in [2.05, 4.69) is 5.32 Å². The van der Waals surface area contributed by atoms with E-state index in [1.165, 1.54) is 0 Å². The smallest absolute Gasteiger partial charge is 0.308 e. The molecule has 0 aliphatic carbocycles. The minimum Gasteiger partial charge on any atom is -0.481 e. The van der Waals surface area contributed by atoms with Crippen molar-refractivity contribution in [3.8, 4) is 0 Å². The van der Waals surface area contributed by atoms with E-state index in [9.17, 15) is 4.79 Å². The molecule has 0 aromatic heterocycles. The first-order chi connectivity index (χ1) is 6.79. The number of rotatable bonds is 2. The van der Waals surface area contributed by atoms with Crippen LogP contribution in [0.15, 0.2) is 30.3 Å². The summed E-state index contributed by atoms with van der Waals surface area (Å²) in [6, 6.07) is 9.74. The summed E-state index contributed by atoms with van der Waals surface area (Å²) in [5, 5.41) is 12.2. The summed E-state index contributed by atoms with van der Waals surface area (Å²) in [5.41, 5.74) is 1.07. The molecule has 1 aromatic carbocycles. The van der Waals surface area contributed by atoms with Crippen LogP contribution in [0.4, 0.5) is 0 Å². The summed E-state index contributed by atoms with van der Waals surface area (Å²) in [5.74, 6) is -0.985. The molecule has 1 aliphatic heterocycles. The second-order valence-electron chi connectivity index (χ2n) is 3.58. The monoisotopic (exact) mass is 191 g/mol. The lowest BCUT2D eigenvalue weighted by Crippen LogP contribution is -2.23. The number of hydrogen-bond donors (Lipinski definition) is 2. The molecule has 74 valence electrons. The van der Waals surface area contributed by atoms with Crippen LogP contribution >= 0.6 is 0 Å². The van der Waals surface area contributed by atoms with Gasteiger partial charge in [-0.1, -0.05) is 30.3 Å². The maximum absolute atomic E-state index is 10.9. The van der Waals surface area contributed by atoms with Crippen molar-refractivity contribution in [1.29, 1.82) is 0 Å². The van der Waals surface area contributed by atoms with Gasteiger partial charge in [-0.2, -0.15) is 0 Å². The normalized spacial score (nSPS) is 26.3. The highest BCUT2D eigenvalue weighted by atomic mass is 16.4. The van der Waals surface area contributed by atoms with Gasteiger partial charge in [-0.05, 0) is 18.5 Å². The highest BCUT2D eigenvalue weighted by Crippen LogP contribution is 2.29. The molecule has 2 atom stereocenters. The van der Waals surface area contributed by atoms with Crippen molar-refractivity contribution in [2.24, 2.45) is 5.92 Å². The molecule has 1 aromatic rings. The Bertz CT molecular complexity index is 323. The Balaban J connectivity index is 2.22. The van der Waals surface area contributed by atoms with Gasteiger partial charge in [0.2, 0.25) is 0 Å². The van der Waals surface area contributed by atoms with E-state index in [1.54, 1.807) is 0 Å². The minimum atomic E-state index is -0.705. The highest BCUT2D eigenvalue weighted by Gasteiger charge is 2.33. The fourth-order valence-corrected chi connectivity index (χ4v) is 1.98. The average Bonchev–Trinajstić information content (AvgIpc) is 2.67. The second kappa shape index (κ2) is 3.80. The Hall–Kier alpha value is -1.35. The van der Waals surface area contributed by atoms with Crippen molar-refractivity contribution in [3.05, 3.63) is 35.9 Å². The summed E-state index contributed by atoms with van der Waals surface area (Å²) in [4.78, 5) is 10.9. The van der Waals surface area contributed by atoms with Crippen LogP contribution in [-0.4, -0.2) is 17.6 Å². The maximum Gasteiger partial charge on any atom is 0.308 e. The molecule has 2 rings (SSSR count). The Morgan fingerprint density at radius 3 is 2.71 bits per heavy atom. The quantitative estimate of drug-likeness (QED) is 0.743. The van der Waals surface area contributed by atoms with Gasteiger partial charge < -0.3 is 10.4 Å². The van der Waals surface area contributed by atoms with Crippen molar-refractivity contribution in [3.63, 3.8) is 0 Å². The van der Waals surface area contributed by atoms with Crippen LogP contribution in [0.1, 0.15) is 18.0 Å². The summed E-state index contributed by atoms with van der Waals surface area (Å²) in [7, 11) is 0. The molecule has 14 heavy (non-hydrogen) atoms. The number of benzene rings is 1. The Kier molecular flexibility index (Phi) is 2.50. The number of aliphatic carboxylic acids is 1. The Morgan fingerprint density at radius 1 is 1.36 bits per heavy atom. The van der Waals surface area contributed by atoms with Gasteiger partial charge in [-0.25, -0.2) is 0 Å². The van der Waals surface area contributed by atoms with Gasteiger partial charge in [0.15, 0.2) is 0 Å². The van der Waals surface area contributed by atoms with Crippen molar-refractivity contribution < 1.29 is 9.90 Å². The van der Waals surface area contributed by atoms with Crippen molar-refractivity contribution >= 4 is 5.97 Å². The standard InChI is InChI=1S/C11H13NO2/c13-11(14)9-6-7-12-10(9)8-4-2-1-3-5-8/h1-5,9-10,12H,6-7H2,(H,13,14)/t9-,10+/m0/s1. The van der Waals surface area contributed by atoms with Gasteiger partial charge in [0, 0.05) is 6.04 Å². The summed E-state index contributed by atoms with van der Waals surface area (Å²) in [6.07, 6.45) is 0.717. The predicted molar refractivity (Wildman–Crippen MR) is 52.9 cm³/mol. The van der Waals surface area contributed by atoms with Crippen LogP contribution in [-0.2, 0) is 4.79 Å². The molecule has 0 amide bonds. The average molecular weight is 191 g/mol. The zero-order valence-electron chi connectivity index (χ0n) is 7.81. The van der Waals surface area contributed by atoms with E-state index in [-0.39, 0.29) is 12.0 Å². The molecule has 1 fully saturated rings. The van der Waals surface area contributed by atoms with Crippen LogP contribution in [0.5, 0.6) is 0 Å². The van der Waals surface area contributed by atoms with Gasteiger partial charge in [-0.15, -0.1) is 0 Å². The molecule has 0 unspecified atom stereocenters. The first-order valence-electron chi connectivity index (χ1n) is 4.80. The Morgan fingerprint density at radius 2 is 2.07 bits per heavy atom. The van der Waals surface area contributed by atoms with Gasteiger partial charge >= 0.3 is 5.97 Å². The fourth-order valence-electron chi connectivity index (χ4n) is 1.98. The van der Waals surface area contributed by atoms with Crippen LogP contribution in [0, 0.1) is 5.92 Å². The number of carboxylic acid groups (broad SMARTS) is 1. The van der Waals surface area contributed by atoms with Crippen molar-refractivity contribution in [1.82, 2.24) is 5.32 Å². The third kappa shape index (κ3) is 1.63. The molecule has 0 spiro atoms. The topological polar surface area (TPSA) is 49.3 Å². The van der Waals surface area contributed by atoms with Crippen molar-refractivity contribution in [2.75, 3.05) is 6.54 Å². The van der Waals surface area contributed by atoms with E-state index in [0.717, 1.165) is 18.5 Å². The molecule has 3 nitrogen and oxygen atoms in total. The third-order valence-corrected chi connectivity index (χ3v) is 2.70. The SMILES string of the molecule is O=C(O)[C@H]1CCN[C@@H]1c1ccccc1. The summed E-state index contributed by atoms with van der Waals surface area (Å²) < 4.78 is 0. The molecule has 1 heterocycles. The minimum absolute atomic E-state index is 0.0197. The molecule has 0 radical (unpaired) electrons. The van der Waals surface area contributed by atoms with Gasteiger partial charge in [0.05, 0.1) is 5.92 Å². The number of carbonyl (C=O) groups is 1. The van der Waals surface area contributed by atoms with E-state index in [1.807, 2.05) is 30.3 Å². The van der Waals surface area contributed by atoms with Crippen LogP contribution in [0.2, 0.25) is 0 Å². The first kappa shape index (κ1) is 9.21. The summed E-state index contributed by atoms with van der Waals surface area (Å²) >= 11 is 0. The number of hydrogen-bond acceptors (Lipinski definition) is 2. The highest BCUT2D eigenvalue weighted by molar-refractivity contribution is 5.71. The molecule has 2 N–H and O–H groups in total. The molecular formula is C11H13NO2. The van der Waals surface area contributed by atoms with E-state index < -0.39 is 5.97 Å². The lowest BCUT2D eigenvalue weighted by molar-refractivity contribution is -0.142. The maximum atomic E-state index is 10.9. The van der Waals surface area contributed by atoms with Crippen LogP contribution in [0.25, 0.3) is 0 Å². The van der Waals surface area contributed by atoms with Crippen molar-refractivity contribution in [2.45, 2.75) is 12.5 Å². The van der Waals surface area contributed by atoms with Gasteiger partial charge in [0.25, 0.3) is 0 Å². The largest absolute Gasteiger partial charge is 0.481 e. The first-order valence-corrected chi connectivity index (χ1v) is 4.80. The van der Waals surface area contributed by atoms with E-state index in [4.69, 9.17) is 5.11 Å². The third-order valence-electron chi connectivity index (χ3n) is 2.70. The molecule has 0 saturated carbocycles. The lowest BCUT2D eigenvalue weighted by atomic mass is 9.94. The molecule has 1 saturated heterocycles. The molecule has 3 heteroatoms. The fraction of sp³-hybridized carbons (Fsp3) is 0.364. The summed E-state index contributed by atoms with van der Waals surface area (Å²) in [6.45, 7) is 0.788. The zero-order valence-corrected chi connectivity index (χ0v) is 7.81. The number of carboxylic acids is 1. The zero-order chi connectivity index (χ0) is 9.97. The molecule has 0 bridgehead atoms. The van der Waals surface area contributed by atoms with E-state index >= 15 is 0 Å². The van der Waals surface area contributed by atoms with Crippen LogP contribution in [0.3, 0.4) is 0 Å². The molecular weight excluding hydrogens is 178 g/mol.